The van der Waals surface area contributed by atoms with Crippen LogP contribution in [0.3, 0.4) is 0 Å². The summed E-state index contributed by atoms with van der Waals surface area (Å²) < 4.78 is 0. The van der Waals surface area contributed by atoms with Crippen molar-refractivity contribution in [1.82, 2.24) is 19.9 Å². The van der Waals surface area contributed by atoms with Crippen LogP contribution < -0.4 is 5.73 Å². The molecule has 2 aromatic heterocycles. The highest BCUT2D eigenvalue weighted by Crippen LogP contribution is 2.36. The normalized spacial score (nSPS) is 16.9. The maximum absolute atomic E-state index is 13.1. The predicted molar refractivity (Wildman–Crippen MR) is 104 cm³/mol. The Morgan fingerprint density at radius 1 is 1.07 bits per heavy atom. The lowest BCUT2D eigenvalue weighted by Gasteiger charge is -2.36. The minimum absolute atomic E-state index is 0.00158. The van der Waals surface area contributed by atoms with Gasteiger partial charge in [0.15, 0.2) is 0 Å². The number of rotatable bonds is 3. The van der Waals surface area contributed by atoms with E-state index in [1.54, 1.807) is 30.7 Å². The number of nitrogens with two attached hydrogens (primary N) is 1. The number of anilines is 1. The second kappa shape index (κ2) is 7.53. The van der Waals surface area contributed by atoms with Crippen molar-refractivity contribution in [2.75, 3.05) is 12.3 Å². The summed E-state index contributed by atoms with van der Waals surface area (Å²) in [6, 6.07) is 13.4. The van der Waals surface area contributed by atoms with E-state index in [0.29, 0.717) is 12.1 Å². The fourth-order valence-electron chi connectivity index (χ4n) is 3.62. The number of benzene rings is 1. The lowest BCUT2D eigenvalue weighted by molar-refractivity contribution is 0.0606. The number of aromatic nitrogens is 3. The van der Waals surface area contributed by atoms with E-state index >= 15 is 0 Å². The third-order valence-electron chi connectivity index (χ3n) is 4.93. The lowest BCUT2D eigenvalue weighted by Crippen LogP contribution is -2.39. The van der Waals surface area contributed by atoms with Crippen molar-refractivity contribution in [3.05, 3.63) is 72.3 Å². The Balaban J connectivity index is 1.76. The maximum Gasteiger partial charge on any atom is 0.254 e. The SMILES string of the molecule is Nc1ncc(-c2ccccc2)c([C@H]2CCCCN2C(=O)c2ccncc2)n1. The summed E-state index contributed by atoms with van der Waals surface area (Å²) in [7, 11) is 0. The highest BCUT2D eigenvalue weighted by atomic mass is 16.2. The molecule has 27 heavy (non-hydrogen) atoms. The molecule has 1 aliphatic heterocycles. The van der Waals surface area contributed by atoms with Crippen molar-refractivity contribution >= 4 is 11.9 Å². The van der Waals surface area contributed by atoms with Gasteiger partial charge in [-0.25, -0.2) is 9.97 Å². The molecule has 6 nitrogen and oxygen atoms in total. The van der Waals surface area contributed by atoms with Gasteiger partial charge in [-0.15, -0.1) is 0 Å². The van der Waals surface area contributed by atoms with Crippen molar-refractivity contribution in [3.8, 4) is 11.1 Å². The number of hydrogen-bond acceptors (Lipinski definition) is 5. The van der Waals surface area contributed by atoms with Gasteiger partial charge in [0.1, 0.15) is 0 Å². The fourth-order valence-corrected chi connectivity index (χ4v) is 3.62. The smallest absolute Gasteiger partial charge is 0.254 e. The minimum atomic E-state index is -0.125. The van der Waals surface area contributed by atoms with Crippen LogP contribution in [0.15, 0.2) is 61.1 Å². The van der Waals surface area contributed by atoms with E-state index in [9.17, 15) is 4.79 Å². The van der Waals surface area contributed by atoms with Crippen LogP contribution in [0.2, 0.25) is 0 Å². The highest BCUT2D eigenvalue weighted by Gasteiger charge is 2.31. The molecule has 3 aromatic rings. The molecule has 1 amide bonds. The first-order valence-electron chi connectivity index (χ1n) is 9.13. The van der Waals surface area contributed by atoms with Crippen LogP contribution in [0, 0.1) is 0 Å². The van der Waals surface area contributed by atoms with Crippen molar-refractivity contribution in [2.24, 2.45) is 0 Å². The topological polar surface area (TPSA) is 85.0 Å². The van der Waals surface area contributed by atoms with Gasteiger partial charge in [0.05, 0.1) is 11.7 Å². The zero-order chi connectivity index (χ0) is 18.6. The number of nitrogen functional groups attached to an aromatic ring is 1. The van der Waals surface area contributed by atoms with E-state index in [1.807, 2.05) is 35.2 Å². The molecule has 1 aromatic carbocycles. The number of carbonyl (C=O) groups excluding carboxylic acids is 1. The first-order chi connectivity index (χ1) is 13.2. The lowest BCUT2D eigenvalue weighted by atomic mass is 9.93. The average Bonchev–Trinajstić information content (AvgIpc) is 2.74. The number of hydrogen-bond donors (Lipinski definition) is 1. The van der Waals surface area contributed by atoms with Crippen LogP contribution in [-0.4, -0.2) is 32.3 Å². The first kappa shape index (κ1) is 17.1. The predicted octanol–water partition coefficient (Wildman–Crippen LogP) is 3.49. The molecule has 6 heteroatoms. The van der Waals surface area contributed by atoms with Gasteiger partial charge in [-0.2, -0.15) is 0 Å². The van der Waals surface area contributed by atoms with E-state index in [0.717, 1.165) is 36.1 Å². The second-order valence-electron chi connectivity index (χ2n) is 6.64. The molecular weight excluding hydrogens is 338 g/mol. The highest BCUT2D eigenvalue weighted by molar-refractivity contribution is 5.94. The molecule has 1 aliphatic rings. The van der Waals surface area contributed by atoms with Crippen molar-refractivity contribution in [1.29, 1.82) is 0 Å². The van der Waals surface area contributed by atoms with Crippen LogP contribution in [-0.2, 0) is 0 Å². The number of pyridine rings is 1. The first-order valence-corrected chi connectivity index (χ1v) is 9.13. The molecule has 1 fully saturated rings. The molecule has 3 heterocycles. The van der Waals surface area contributed by atoms with Gasteiger partial charge in [0.2, 0.25) is 5.95 Å². The molecule has 2 N–H and O–H groups in total. The molecule has 4 rings (SSSR count). The van der Waals surface area contributed by atoms with Crippen molar-refractivity contribution < 1.29 is 4.79 Å². The maximum atomic E-state index is 13.1. The third kappa shape index (κ3) is 3.51. The number of carbonyl (C=O) groups is 1. The Hall–Kier alpha value is -3.28. The number of nitrogens with zero attached hydrogens (tertiary/aromatic N) is 4. The van der Waals surface area contributed by atoms with Gasteiger partial charge in [-0.1, -0.05) is 30.3 Å². The Bertz CT molecular complexity index is 930. The molecular formula is C21H21N5O. The van der Waals surface area contributed by atoms with Crippen molar-refractivity contribution in [2.45, 2.75) is 25.3 Å². The molecule has 0 saturated carbocycles. The van der Waals surface area contributed by atoms with Crippen LogP contribution >= 0.6 is 0 Å². The van der Waals surface area contributed by atoms with Gasteiger partial charge in [-0.3, -0.25) is 9.78 Å². The van der Waals surface area contributed by atoms with E-state index in [1.165, 1.54) is 0 Å². The van der Waals surface area contributed by atoms with Crippen LogP contribution in [0.25, 0.3) is 11.1 Å². The number of piperidine rings is 1. The van der Waals surface area contributed by atoms with Gasteiger partial charge in [0.25, 0.3) is 5.91 Å². The van der Waals surface area contributed by atoms with Gasteiger partial charge < -0.3 is 10.6 Å². The third-order valence-corrected chi connectivity index (χ3v) is 4.93. The average molecular weight is 359 g/mol. The summed E-state index contributed by atoms with van der Waals surface area (Å²) in [6.45, 7) is 0.698. The minimum Gasteiger partial charge on any atom is -0.368 e. The summed E-state index contributed by atoms with van der Waals surface area (Å²) in [5.41, 5.74) is 9.31. The van der Waals surface area contributed by atoms with E-state index in [4.69, 9.17) is 5.73 Å². The molecule has 1 saturated heterocycles. The largest absolute Gasteiger partial charge is 0.368 e. The van der Waals surface area contributed by atoms with Crippen molar-refractivity contribution in [3.63, 3.8) is 0 Å². The Morgan fingerprint density at radius 3 is 2.63 bits per heavy atom. The summed E-state index contributed by atoms with van der Waals surface area (Å²) in [6.07, 6.45) is 7.93. The fraction of sp³-hybridized carbons (Fsp3) is 0.238. The molecule has 0 spiro atoms. The monoisotopic (exact) mass is 359 g/mol. The van der Waals surface area contributed by atoms with Gasteiger partial charge in [0, 0.05) is 36.3 Å². The Labute approximate surface area is 158 Å². The van der Waals surface area contributed by atoms with Gasteiger partial charge >= 0.3 is 0 Å². The zero-order valence-electron chi connectivity index (χ0n) is 15.0. The van der Waals surface area contributed by atoms with Crippen LogP contribution in [0.4, 0.5) is 5.95 Å². The van der Waals surface area contributed by atoms with Gasteiger partial charge in [-0.05, 0) is 37.0 Å². The number of amides is 1. The Kier molecular flexibility index (Phi) is 4.78. The molecule has 0 unspecified atom stereocenters. The molecule has 0 aliphatic carbocycles. The second-order valence-corrected chi connectivity index (χ2v) is 6.64. The molecule has 136 valence electrons. The summed E-state index contributed by atoms with van der Waals surface area (Å²) in [4.78, 5) is 27.8. The number of likely N-dealkylation sites (tertiary alicyclic amines) is 1. The zero-order valence-corrected chi connectivity index (χ0v) is 15.0. The summed E-state index contributed by atoms with van der Waals surface area (Å²) in [5, 5.41) is 0. The van der Waals surface area contributed by atoms with E-state index in [2.05, 4.69) is 15.0 Å². The van der Waals surface area contributed by atoms with Crippen LogP contribution in [0.1, 0.15) is 41.4 Å². The van der Waals surface area contributed by atoms with E-state index < -0.39 is 0 Å². The quantitative estimate of drug-likeness (QED) is 0.774. The van der Waals surface area contributed by atoms with Crippen LogP contribution in [0.5, 0.6) is 0 Å². The summed E-state index contributed by atoms with van der Waals surface area (Å²) >= 11 is 0. The molecule has 1 atom stereocenters. The van der Waals surface area contributed by atoms with E-state index in [-0.39, 0.29) is 17.9 Å². The Morgan fingerprint density at radius 2 is 1.85 bits per heavy atom. The summed E-state index contributed by atoms with van der Waals surface area (Å²) in [5.74, 6) is 0.227. The standard InChI is InChI=1S/C21H21N5O/c22-21-24-14-17(15-6-2-1-3-7-15)19(25-21)18-8-4-5-13-26(18)20(27)16-9-11-23-12-10-16/h1-3,6-7,9-12,14,18H,4-5,8,13H2,(H2,22,24,25)/t18-/m1/s1. The molecule has 0 radical (unpaired) electrons. The molecule has 0 bridgehead atoms.